The van der Waals surface area contributed by atoms with Gasteiger partial charge in [0.15, 0.2) is 5.78 Å². The van der Waals surface area contributed by atoms with Gasteiger partial charge in [0.25, 0.3) is 0 Å². The Labute approximate surface area is 138 Å². The summed E-state index contributed by atoms with van der Waals surface area (Å²) >= 11 is 0. The molecule has 5 aliphatic carbocycles. The summed E-state index contributed by atoms with van der Waals surface area (Å²) in [4.78, 5) is 24.8. The second-order valence-corrected chi connectivity index (χ2v) is 9.02. The zero-order valence-corrected chi connectivity index (χ0v) is 14.0. The quantitative estimate of drug-likeness (QED) is 0.670. The summed E-state index contributed by atoms with van der Waals surface area (Å²) in [6.07, 6.45) is 15.4. The molecule has 2 heteroatoms. The summed E-state index contributed by atoms with van der Waals surface area (Å²) in [6.45, 7) is 2.23. The van der Waals surface area contributed by atoms with Crippen molar-refractivity contribution in [1.29, 1.82) is 0 Å². The Kier molecular flexibility index (Phi) is 2.75. The average Bonchev–Trinajstić information content (AvgIpc) is 2.85. The van der Waals surface area contributed by atoms with Gasteiger partial charge in [-0.05, 0) is 73.3 Å². The maximum absolute atomic E-state index is 12.5. The van der Waals surface area contributed by atoms with E-state index in [0.717, 1.165) is 32.1 Å². The largest absolute Gasteiger partial charge is 0.299 e. The van der Waals surface area contributed by atoms with Gasteiger partial charge in [0.2, 0.25) is 0 Å². The van der Waals surface area contributed by atoms with Crippen LogP contribution < -0.4 is 0 Å². The van der Waals surface area contributed by atoms with Crippen LogP contribution in [0.3, 0.4) is 0 Å². The van der Waals surface area contributed by atoms with Crippen LogP contribution in [0.15, 0.2) is 23.8 Å². The molecule has 2 bridgehead atoms. The molecule has 122 valence electrons. The first kappa shape index (κ1) is 14.2. The number of allylic oxidation sites excluding steroid dienone is 4. The van der Waals surface area contributed by atoms with Crippen molar-refractivity contribution in [2.24, 2.45) is 34.5 Å². The predicted molar refractivity (Wildman–Crippen MR) is 88.7 cm³/mol. The highest BCUT2D eigenvalue weighted by atomic mass is 16.1. The summed E-state index contributed by atoms with van der Waals surface area (Å²) in [6, 6.07) is 0. The number of rotatable bonds is 0. The van der Waals surface area contributed by atoms with Crippen molar-refractivity contribution >= 4 is 11.6 Å². The molecule has 3 saturated carbocycles. The van der Waals surface area contributed by atoms with Crippen LogP contribution >= 0.6 is 0 Å². The van der Waals surface area contributed by atoms with E-state index in [2.05, 4.69) is 19.1 Å². The Morgan fingerprint density at radius 1 is 1.09 bits per heavy atom. The van der Waals surface area contributed by atoms with Crippen molar-refractivity contribution in [3.05, 3.63) is 23.8 Å². The number of carbonyl (C=O) groups excluding carboxylic acids is 2. The first-order valence-corrected chi connectivity index (χ1v) is 9.52. The highest BCUT2D eigenvalue weighted by molar-refractivity contribution is 5.94. The molecule has 0 N–H and O–H groups in total. The SMILES string of the molecule is C[C@]12CC[C@H]3[C@@H](C=CC4=CC(=O)[C@H]5CCC[C@]43C5)[C@@H]1CCC2=O. The fraction of sp³-hybridized carbons (Fsp3) is 0.714. The molecule has 2 nitrogen and oxygen atoms in total. The lowest BCUT2D eigenvalue weighted by Crippen LogP contribution is -2.52. The maximum atomic E-state index is 12.5. The molecule has 5 aliphatic rings. The molecule has 6 atom stereocenters. The van der Waals surface area contributed by atoms with Crippen molar-refractivity contribution in [3.63, 3.8) is 0 Å². The van der Waals surface area contributed by atoms with Crippen LogP contribution in [-0.4, -0.2) is 11.6 Å². The van der Waals surface area contributed by atoms with Crippen LogP contribution in [0.5, 0.6) is 0 Å². The Hall–Kier alpha value is -1.18. The van der Waals surface area contributed by atoms with E-state index in [1.54, 1.807) is 0 Å². The Morgan fingerprint density at radius 2 is 1.96 bits per heavy atom. The highest BCUT2D eigenvalue weighted by Gasteiger charge is 2.60. The van der Waals surface area contributed by atoms with Crippen LogP contribution in [0, 0.1) is 34.5 Å². The fourth-order valence-corrected chi connectivity index (χ4v) is 7.09. The van der Waals surface area contributed by atoms with Gasteiger partial charge in [-0.15, -0.1) is 0 Å². The first-order valence-electron chi connectivity index (χ1n) is 9.52. The minimum absolute atomic E-state index is 0.0675. The second-order valence-electron chi connectivity index (χ2n) is 9.02. The lowest BCUT2D eigenvalue weighted by atomic mass is 9.45. The molecule has 0 aromatic rings. The Bertz CT molecular complexity index is 657. The third-order valence-corrected chi connectivity index (χ3v) is 8.31. The van der Waals surface area contributed by atoms with Crippen molar-refractivity contribution in [1.82, 2.24) is 0 Å². The van der Waals surface area contributed by atoms with Gasteiger partial charge in [-0.1, -0.05) is 25.5 Å². The van der Waals surface area contributed by atoms with Gasteiger partial charge in [-0.3, -0.25) is 9.59 Å². The van der Waals surface area contributed by atoms with Gasteiger partial charge in [0, 0.05) is 17.8 Å². The Balaban J connectivity index is 1.61. The van der Waals surface area contributed by atoms with Crippen LogP contribution in [0.1, 0.15) is 58.3 Å². The van der Waals surface area contributed by atoms with Gasteiger partial charge in [0.05, 0.1) is 0 Å². The number of Topliss-reactive ketones (excluding diaryl/α,β-unsaturated/α-hetero) is 1. The average molecular weight is 310 g/mol. The number of carbonyl (C=O) groups is 2. The lowest BCUT2D eigenvalue weighted by molar-refractivity contribution is -0.131. The minimum Gasteiger partial charge on any atom is -0.299 e. The number of hydrogen-bond donors (Lipinski definition) is 0. The third kappa shape index (κ3) is 1.65. The second kappa shape index (κ2) is 4.46. The van der Waals surface area contributed by atoms with Gasteiger partial charge in [0.1, 0.15) is 5.78 Å². The van der Waals surface area contributed by atoms with Crippen molar-refractivity contribution in [2.45, 2.75) is 58.3 Å². The molecular weight excluding hydrogens is 284 g/mol. The molecule has 23 heavy (non-hydrogen) atoms. The number of hydrogen-bond acceptors (Lipinski definition) is 2. The van der Waals surface area contributed by atoms with Crippen molar-refractivity contribution in [2.75, 3.05) is 0 Å². The molecule has 0 aliphatic heterocycles. The van der Waals surface area contributed by atoms with E-state index in [0.29, 0.717) is 29.3 Å². The zero-order chi connectivity index (χ0) is 15.8. The standard InChI is InChI=1S/C21H26O2/c1-20-10-8-17-15(16(20)6-7-19(20)23)5-4-14-11-18(22)13-3-2-9-21(14,17)12-13/h4-5,11,13,15-17H,2-3,6-10,12H2,1H3/t13-,15-,16-,17-,20-,21-/m0/s1. The first-order chi connectivity index (χ1) is 11.0. The molecule has 0 unspecified atom stereocenters. The molecule has 0 amide bonds. The van der Waals surface area contributed by atoms with Gasteiger partial charge in [-0.2, -0.15) is 0 Å². The summed E-state index contributed by atoms with van der Waals surface area (Å²) in [5, 5.41) is 0. The van der Waals surface area contributed by atoms with E-state index < -0.39 is 0 Å². The normalized spacial score (nSPS) is 50.9. The zero-order valence-electron chi connectivity index (χ0n) is 14.0. The van der Waals surface area contributed by atoms with Crippen molar-refractivity contribution < 1.29 is 9.59 Å². The molecule has 0 heterocycles. The highest BCUT2D eigenvalue weighted by Crippen LogP contribution is 2.65. The van der Waals surface area contributed by atoms with Gasteiger partial charge >= 0.3 is 0 Å². The van der Waals surface area contributed by atoms with E-state index in [-0.39, 0.29) is 16.7 Å². The van der Waals surface area contributed by atoms with Gasteiger partial charge in [-0.25, -0.2) is 0 Å². The van der Waals surface area contributed by atoms with Gasteiger partial charge < -0.3 is 0 Å². The predicted octanol–water partition coefficient (Wildman–Crippen LogP) is 4.25. The van der Waals surface area contributed by atoms with E-state index in [1.807, 2.05) is 6.08 Å². The topological polar surface area (TPSA) is 34.1 Å². The van der Waals surface area contributed by atoms with Crippen molar-refractivity contribution in [3.8, 4) is 0 Å². The smallest absolute Gasteiger partial charge is 0.159 e. The van der Waals surface area contributed by atoms with Crippen LogP contribution in [0.4, 0.5) is 0 Å². The van der Waals surface area contributed by atoms with Crippen LogP contribution in [-0.2, 0) is 9.59 Å². The van der Waals surface area contributed by atoms with E-state index >= 15 is 0 Å². The third-order valence-electron chi connectivity index (χ3n) is 8.31. The molecule has 1 spiro atoms. The summed E-state index contributed by atoms with van der Waals surface area (Å²) in [5.74, 6) is 2.92. The van der Waals surface area contributed by atoms with Crippen LogP contribution in [0.25, 0.3) is 0 Å². The summed E-state index contributed by atoms with van der Waals surface area (Å²) in [7, 11) is 0. The molecule has 0 saturated heterocycles. The maximum Gasteiger partial charge on any atom is 0.159 e. The van der Waals surface area contributed by atoms with Crippen LogP contribution in [0.2, 0.25) is 0 Å². The summed E-state index contributed by atoms with van der Waals surface area (Å²) in [5.41, 5.74) is 1.51. The van der Waals surface area contributed by atoms with E-state index in [9.17, 15) is 9.59 Å². The lowest BCUT2D eigenvalue weighted by Gasteiger charge is -2.58. The molecule has 0 radical (unpaired) electrons. The molecule has 3 fully saturated rings. The van der Waals surface area contributed by atoms with E-state index in [1.165, 1.54) is 24.8 Å². The molecule has 0 aromatic carbocycles. The molecular formula is C21H26O2. The Morgan fingerprint density at radius 3 is 2.83 bits per heavy atom. The molecule has 5 rings (SSSR count). The number of fused-ring (bicyclic) bond motifs is 4. The monoisotopic (exact) mass is 310 g/mol. The minimum atomic E-state index is -0.0675. The van der Waals surface area contributed by atoms with E-state index in [4.69, 9.17) is 0 Å². The number of ketones is 2. The summed E-state index contributed by atoms with van der Waals surface area (Å²) < 4.78 is 0. The molecule has 0 aromatic heterocycles. The fourth-order valence-electron chi connectivity index (χ4n) is 7.09.